The summed E-state index contributed by atoms with van der Waals surface area (Å²) < 4.78 is 0. The van der Waals surface area contributed by atoms with E-state index in [0.717, 1.165) is 36.4 Å². The highest BCUT2D eigenvalue weighted by molar-refractivity contribution is 7.13. The number of hydrazone groups is 1. The van der Waals surface area contributed by atoms with Crippen molar-refractivity contribution in [2.24, 2.45) is 5.10 Å². The van der Waals surface area contributed by atoms with Crippen molar-refractivity contribution < 1.29 is 14.7 Å². The zero-order valence-electron chi connectivity index (χ0n) is 21.7. The van der Waals surface area contributed by atoms with Crippen LogP contribution < -0.4 is 9.91 Å². The molecular formula is C33H27N3O3S. The summed E-state index contributed by atoms with van der Waals surface area (Å²) in [4.78, 5) is 28.5. The van der Waals surface area contributed by atoms with Crippen LogP contribution in [0.3, 0.4) is 0 Å². The number of amides is 1. The van der Waals surface area contributed by atoms with Crippen LogP contribution in [0.25, 0.3) is 16.5 Å². The van der Waals surface area contributed by atoms with Gasteiger partial charge in [-0.05, 0) is 89.9 Å². The molecule has 40 heavy (non-hydrogen) atoms. The Bertz CT molecular complexity index is 1640. The van der Waals surface area contributed by atoms with Gasteiger partial charge in [0, 0.05) is 22.8 Å². The molecule has 2 aliphatic rings. The van der Waals surface area contributed by atoms with E-state index in [2.05, 4.69) is 70.0 Å². The summed E-state index contributed by atoms with van der Waals surface area (Å²) in [7, 11) is 0. The van der Waals surface area contributed by atoms with Crippen LogP contribution in [0.1, 0.15) is 24.0 Å². The lowest BCUT2D eigenvalue weighted by Gasteiger charge is -2.25. The predicted octanol–water partition coefficient (Wildman–Crippen LogP) is 7.32. The molecule has 1 amide bonds. The fourth-order valence-electron chi connectivity index (χ4n) is 5.12. The van der Waals surface area contributed by atoms with Crippen LogP contribution in [0.5, 0.6) is 0 Å². The number of carboxylic acid groups (broad SMARTS) is 1. The van der Waals surface area contributed by atoms with Gasteiger partial charge in [0.1, 0.15) is 0 Å². The number of nitrogens with zero attached hydrogens (tertiary/aromatic N) is 3. The van der Waals surface area contributed by atoms with Gasteiger partial charge < -0.3 is 10.0 Å². The van der Waals surface area contributed by atoms with Gasteiger partial charge in [-0.15, -0.1) is 11.3 Å². The molecule has 0 atom stereocenters. The fourth-order valence-corrected chi connectivity index (χ4v) is 5.85. The van der Waals surface area contributed by atoms with E-state index < -0.39 is 11.9 Å². The molecule has 6 rings (SSSR count). The van der Waals surface area contributed by atoms with Gasteiger partial charge in [0.25, 0.3) is 5.91 Å². The average Bonchev–Trinajstić information content (AvgIpc) is 3.57. The van der Waals surface area contributed by atoms with Crippen molar-refractivity contribution in [1.82, 2.24) is 0 Å². The van der Waals surface area contributed by atoms with Crippen molar-refractivity contribution in [3.63, 3.8) is 0 Å². The molecule has 1 N–H and O–H groups in total. The highest BCUT2D eigenvalue weighted by Crippen LogP contribution is 2.35. The molecule has 0 radical (unpaired) electrons. The molecule has 7 heteroatoms. The van der Waals surface area contributed by atoms with Crippen molar-refractivity contribution in [3.8, 4) is 10.4 Å². The van der Waals surface area contributed by atoms with E-state index in [1.165, 1.54) is 33.5 Å². The van der Waals surface area contributed by atoms with Crippen molar-refractivity contribution >= 4 is 52.1 Å². The van der Waals surface area contributed by atoms with Gasteiger partial charge in [-0.25, -0.2) is 4.79 Å². The van der Waals surface area contributed by atoms with Gasteiger partial charge in [-0.2, -0.15) is 10.1 Å². The number of thiophene rings is 1. The van der Waals surface area contributed by atoms with Crippen molar-refractivity contribution in [3.05, 3.63) is 119 Å². The Morgan fingerprint density at radius 3 is 2.50 bits per heavy atom. The Hall–Kier alpha value is -4.75. The standard InChI is InChI=1S/C33H27N3O3S/c37-32-28(31(33(38)39)34-36(32)27-10-2-1-3-11-27)12-6-8-23-14-19-29-25(22-23)9-4-5-20-35(29)26-17-15-24(16-18-26)30-13-7-21-40-30/h1-3,6-8,10-19,21-22H,4-5,9,20H2,(H,38,39)/b8-6+,28-12-. The van der Waals surface area contributed by atoms with Crippen LogP contribution in [0.2, 0.25) is 0 Å². The van der Waals surface area contributed by atoms with Crippen LogP contribution in [0.15, 0.2) is 113 Å². The molecule has 0 unspecified atom stereocenters. The molecule has 0 spiro atoms. The van der Waals surface area contributed by atoms with E-state index in [1.54, 1.807) is 41.7 Å². The first kappa shape index (κ1) is 25.5. The van der Waals surface area contributed by atoms with Crippen LogP contribution in [0.4, 0.5) is 17.1 Å². The number of anilines is 3. The first-order chi connectivity index (χ1) is 19.6. The van der Waals surface area contributed by atoms with Crippen LogP contribution in [-0.2, 0) is 16.0 Å². The van der Waals surface area contributed by atoms with Crippen LogP contribution in [0, 0.1) is 0 Å². The van der Waals surface area contributed by atoms with E-state index in [-0.39, 0.29) is 11.3 Å². The van der Waals surface area contributed by atoms with E-state index in [1.807, 2.05) is 12.1 Å². The first-order valence-electron chi connectivity index (χ1n) is 13.2. The fraction of sp³-hybridized carbons (Fsp3) is 0.121. The maximum atomic E-state index is 13.0. The SMILES string of the molecule is O=C(O)C1=NN(c2ccccc2)C(=O)/C1=C\C=C\c1ccc2c(c1)CCCCN2c1ccc(-c2cccs2)cc1. The zero-order valence-corrected chi connectivity index (χ0v) is 22.6. The minimum atomic E-state index is -1.24. The Labute approximate surface area is 236 Å². The number of rotatable bonds is 6. The number of hydrogen-bond donors (Lipinski definition) is 1. The largest absolute Gasteiger partial charge is 0.476 e. The van der Waals surface area contributed by atoms with E-state index in [0.29, 0.717) is 5.69 Å². The summed E-state index contributed by atoms with van der Waals surface area (Å²) in [5.41, 5.74) is 6.20. The minimum Gasteiger partial charge on any atom is -0.476 e. The molecule has 4 aromatic rings. The second kappa shape index (κ2) is 11.2. The molecule has 0 saturated heterocycles. The Morgan fingerprint density at radius 1 is 0.925 bits per heavy atom. The van der Waals surface area contributed by atoms with Crippen LogP contribution in [-0.4, -0.2) is 29.2 Å². The van der Waals surface area contributed by atoms with Crippen LogP contribution >= 0.6 is 11.3 Å². The van der Waals surface area contributed by atoms with Gasteiger partial charge >= 0.3 is 5.97 Å². The molecule has 3 heterocycles. The average molecular weight is 546 g/mol. The number of carboxylic acids is 1. The number of hydrogen-bond acceptors (Lipinski definition) is 5. The minimum absolute atomic E-state index is 0.0551. The second-order valence-electron chi connectivity index (χ2n) is 9.67. The molecule has 2 aliphatic heterocycles. The summed E-state index contributed by atoms with van der Waals surface area (Å²) in [6.07, 6.45) is 8.36. The molecule has 0 aliphatic carbocycles. The number of aliphatic carboxylic acids is 1. The van der Waals surface area contributed by atoms with Crippen molar-refractivity contribution in [1.29, 1.82) is 0 Å². The number of fused-ring (bicyclic) bond motifs is 1. The lowest BCUT2D eigenvalue weighted by atomic mass is 10.0. The summed E-state index contributed by atoms with van der Waals surface area (Å²) in [5.74, 6) is -1.70. The van der Waals surface area contributed by atoms with Gasteiger partial charge in [-0.3, -0.25) is 4.79 Å². The normalized spacial score (nSPS) is 16.4. The Balaban J connectivity index is 1.24. The van der Waals surface area contributed by atoms with Gasteiger partial charge in [0.05, 0.1) is 11.3 Å². The molecule has 0 saturated carbocycles. The molecule has 0 fully saturated rings. The quantitative estimate of drug-likeness (QED) is 0.258. The maximum absolute atomic E-state index is 13.0. The highest BCUT2D eigenvalue weighted by Gasteiger charge is 2.34. The summed E-state index contributed by atoms with van der Waals surface area (Å²) >= 11 is 1.75. The lowest BCUT2D eigenvalue weighted by molar-refractivity contribution is -0.129. The Kier molecular flexibility index (Phi) is 7.12. The topological polar surface area (TPSA) is 73.2 Å². The maximum Gasteiger partial charge on any atom is 0.357 e. The molecular weight excluding hydrogens is 518 g/mol. The lowest BCUT2D eigenvalue weighted by Crippen LogP contribution is -2.22. The number of allylic oxidation sites excluding steroid dienone is 2. The van der Waals surface area contributed by atoms with Gasteiger partial charge in [0.15, 0.2) is 5.71 Å². The van der Waals surface area contributed by atoms with Gasteiger partial charge in [-0.1, -0.05) is 54.6 Å². The summed E-state index contributed by atoms with van der Waals surface area (Å²) in [6.45, 7) is 0.962. The number of aryl methyl sites for hydroxylation is 1. The van der Waals surface area contributed by atoms with Gasteiger partial charge in [0.2, 0.25) is 0 Å². The summed E-state index contributed by atoms with van der Waals surface area (Å²) in [5, 5.41) is 16.9. The summed E-state index contributed by atoms with van der Waals surface area (Å²) in [6, 6.07) is 28.2. The van der Waals surface area contributed by atoms with E-state index >= 15 is 0 Å². The number of carbonyl (C=O) groups is 2. The number of carbonyl (C=O) groups excluding carboxylic acids is 1. The second-order valence-corrected chi connectivity index (χ2v) is 10.6. The third-order valence-corrected chi connectivity index (χ3v) is 8.01. The third-order valence-electron chi connectivity index (χ3n) is 7.09. The molecule has 3 aromatic carbocycles. The molecule has 198 valence electrons. The monoisotopic (exact) mass is 545 g/mol. The van der Waals surface area contributed by atoms with E-state index in [4.69, 9.17) is 0 Å². The highest BCUT2D eigenvalue weighted by atomic mass is 32.1. The first-order valence-corrected chi connectivity index (χ1v) is 14.1. The van der Waals surface area contributed by atoms with Crippen molar-refractivity contribution in [2.45, 2.75) is 19.3 Å². The predicted molar refractivity (Wildman–Crippen MR) is 162 cm³/mol. The van der Waals surface area contributed by atoms with Crippen molar-refractivity contribution in [2.75, 3.05) is 16.5 Å². The third kappa shape index (κ3) is 5.11. The smallest absolute Gasteiger partial charge is 0.357 e. The number of benzene rings is 3. The molecule has 1 aromatic heterocycles. The number of para-hydroxylation sites is 1. The molecule has 6 nitrogen and oxygen atoms in total. The Morgan fingerprint density at radius 2 is 1.75 bits per heavy atom. The zero-order chi connectivity index (χ0) is 27.5. The van der Waals surface area contributed by atoms with E-state index in [9.17, 15) is 14.7 Å². The molecule has 0 bridgehead atoms.